The van der Waals surface area contributed by atoms with Gasteiger partial charge in [-0.05, 0) is 42.0 Å². The van der Waals surface area contributed by atoms with Crippen LogP contribution in [0.3, 0.4) is 0 Å². The first-order valence-electron chi connectivity index (χ1n) is 11.0. The summed E-state index contributed by atoms with van der Waals surface area (Å²) in [5.74, 6) is -0.332. The number of piperazine rings is 1. The van der Waals surface area contributed by atoms with E-state index in [0.717, 1.165) is 53.5 Å². The summed E-state index contributed by atoms with van der Waals surface area (Å²) < 4.78 is 1.11. The van der Waals surface area contributed by atoms with Gasteiger partial charge in [0.05, 0.1) is 20.8 Å². The summed E-state index contributed by atoms with van der Waals surface area (Å²) in [5, 5.41) is 18.0. The van der Waals surface area contributed by atoms with Gasteiger partial charge < -0.3 is 10.6 Å². The number of thiazole rings is 1. The van der Waals surface area contributed by atoms with E-state index < -0.39 is 4.92 Å². The number of nitro groups is 1. The van der Waals surface area contributed by atoms with E-state index in [1.807, 2.05) is 24.3 Å². The smallest absolute Gasteiger partial charge is 0.269 e. The molecule has 0 bridgehead atoms. The van der Waals surface area contributed by atoms with Gasteiger partial charge in [-0.2, -0.15) is 0 Å². The van der Waals surface area contributed by atoms with E-state index in [9.17, 15) is 14.9 Å². The number of fused-ring (bicyclic) bond motifs is 1. The zero-order valence-corrected chi connectivity index (χ0v) is 20.4. The standard InChI is InChI=1S/C25H23N5O3S.ClH/c31-24(18-6-8-19(9-7-18)30(32)33)27-21-4-2-1-3-20(21)25-28-22-10-5-17(15-23(22)34-25)16-29-13-11-26-12-14-29;/h1-10,15,26H,11-14,16H2,(H,27,31);1H. The summed E-state index contributed by atoms with van der Waals surface area (Å²) in [6, 6.07) is 19.5. The van der Waals surface area contributed by atoms with Crippen LogP contribution in [0, 0.1) is 10.1 Å². The zero-order chi connectivity index (χ0) is 23.5. The number of carbonyl (C=O) groups excluding carboxylic acids is 1. The fraction of sp³-hybridized carbons (Fsp3) is 0.200. The lowest BCUT2D eigenvalue weighted by Gasteiger charge is -2.27. The number of rotatable bonds is 6. The summed E-state index contributed by atoms with van der Waals surface area (Å²) in [5.41, 5.74) is 3.98. The SMILES string of the molecule is Cl.O=C(Nc1ccccc1-c1nc2ccc(CN3CCNCC3)cc2s1)c1ccc([N+](=O)[O-])cc1. The molecule has 0 atom stereocenters. The monoisotopic (exact) mass is 509 g/mol. The van der Waals surface area contributed by atoms with Crippen LogP contribution in [0.5, 0.6) is 0 Å². The van der Waals surface area contributed by atoms with Gasteiger partial charge in [-0.3, -0.25) is 19.8 Å². The molecular formula is C25H24ClN5O3S. The van der Waals surface area contributed by atoms with Gasteiger partial charge in [-0.15, -0.1) is 23.7 Å². The van der Waals surface area contributed by atoms with Crippen molar-refractivity contribution < 1.29 is 9.72 Å². The fourth-order valence-corrected chi connectivity index (χ4v) is 5.09. The lowest BCUT2D eigenvalue weighted by molar-refractivity contribution is -0.384. The van der Waals surface area contributed by atoms with Crippen LogP contribution >= 0.6 is 23.7 Å². The number of para-hydroxylation sites is 1. The average molecular weight is 510 g/mol. The second-order valence-corrected chi connectivity index (χ2v) is 9.18. The number of nitrogens with zero attached hydrogens (tertiary/aromatic N) is 3. The predicted octanol–water partition coefficient (Wildman–Crippen LogP) is 4.95. The Morgan fingerprint density at radius 3 is 2.57 bits per heavy atom. The molecule has 0 aliphatic carbocycles. The molecule has 1 amide bonds. The van der Waals surface area contributed by atoms with E-state index in [0.29, 0.717) is 11.3 Å². The van der Waals surface area contributed by atoms with Crippen molar-refractivity contribution in [3.8, 4) is 10.6 Å². The number of anilines is 1. The van der Waals surface area contributed by atoms with Crippen LogP contribution in [0.1, 0.15) is 15.9 Å². The molecule has 2 heterocycles. The molecule has 8 nitrogen and oxygen atoms in total. The molecule has 180 valence electrons. The number of benzene rings is 3. The maximum absolute atomic E-state index is 12.8. The normalized spacial score (nSPS) is 13.8. The van der Waals surface area contributed by atoms with Crippen molar-refractivity contribution in [1.29, 1.82) is 0 Å². The van der Waals surface area contributed by atoms with Crippen molar-refractivity contribution in [2.45, 2.75) is 6.54 Å². The molecule has 2 N–H and O–H groups in total. The minimum Gasteiger partial charge on any atom is -0.321 e. The summed E-state index contributed by atoms with van der Waals surface area (Å²) in [6.45, 7) is 5.07. The van der Waals surface area contributed by atoms with Crippen molar-refractivity contribution in [2.24, 2.45) is 0 Å². The zero-order valence-electron chi connectivity index (χ0n) is 18.8. The van der Waals surface area contributed by atoms with Gasteiger partial charge >= 0.3 is 0 Å². The first kappa shape index (κ1) is 24.7. The average Bonchev–Trinajstić information content (AvgIpc) is 3.28. The molecule has 4 aromatic rings. The summed E-state index contributed by atoms with van der Waals surface area (Å²) in [4.78, 5) is 30.4. The highest BCUT2D eigenvalue weighted by Crippen LogP contribution is 2.35. The van der Waals surface area contributed by atoms with E-state index in [-0.39, 0.29) is 24.0 Å². The van der Waals surface area contributed by atoms with Crippen molar-refractivity contribution in [2.75, 3.05) is 31.5 Å². The Hall–Kier alpha value is -3.37. The number of amides is 1. The third-order valence-corrected chi connectivity index (χ3v) is 6.87. The van der Waals surface area contributed by atoms with Gasteiger partial charge in [0.2, 0.25) is 0 Å². The Balaban J connectivity index is 0.00000289. The van der Waals surface area contributed by atoms with E-state index >= 15 is 0 Å². The first-order chi connectivity index (χ1) is 16.6. The molecule has 3 aromatic carbocycles. The van der Waals surface area contributed by atoms with E-state index in [4.69, 9.17) is 4.98 Å². The second-order valence-electron chi connectivity index (χ2n) is 8.15. The van der Waals surface area contributed by atoms with Gasteiger partial charge in [0.15, 0.2) is 0 Å². The molecule has 5 rings (SSSR count). The van der Waals surface area contributed by atoms with Gasteiger partial charge in [-0.1, -0.05) is 18.2 Å². The maximum Gasteiger partial charge on any atom is 0.269 e. The highest BCUT2D eigenvalue weighted by molar-refractivity contribution is 7.21. The van der Waals surface area contributed by atoms with Crippen molar-refractivity contribution in [1.82, 2.24) is 15.2 Å². The Morgan fingerprint density at radius 2 is 1.83 bits per heavy atom. The number of aromatic nitrogens is 1. The fourth-order valence-electron chi connectivity index (χ4n) is 4.02. The van der Waals surface area contributed by atoms with Crippen LogP contribution in [-0.2, 0) is 6.54 Å². The number of halogens is 1. The van der Waals surface area contributed by atoms with Crippen LogP contribution in [0.2, 0.25) is 0 Å². The topological polar surface area (TPSA) is 100 Å². The Bertz CT molecular complexity index is 1350. The number of hydrogen-bond acceptors (Lipinski definition) is 7. The Kier molecular flexibility index (Phi) is 7.72. The summed E-state index contributed by atoms with van der Waals surface area (Å²) in [7, 11) is 0. The molecular weight excluding hydrogens is 486 g/mol. The molecule has 0 saturated carbocycles. The first-order valence-corrected chi connectivity index (χ1v) is 11.9. The van der Waals surface area contributed by atoms with Gasteiger partial charge in [0.25, 0.3) is 11.6 Å². The highest BCUT2D eigenvalue weighted by atomic mass is 35.5. The third kappa shape index (κ3) is 5.66. The number of nitrogens with one attached hydrogen (secondary N) is 2. The molecule has 1 aliphatic rings. The molecule has 1 saturated heterocycles. The summed E-state index contributed by atoms with van der Waals surface area (Å²) >= 11 is 1.60. The summed E-state index contributed by atoms with van der Waals surface area (Å²) in [6.07, 6.45) is 0. The molecule has 1 aliphatic heterocycles. The molecule has 0 spiro atoms. The number of nitro benzene ring substituents is 1. The molecule has 1 fully saturated rings. The molecule has 1 aromatic heterocycles. The lowest BCUT2D eigenvalue weighted by Crippen LogP contribution is -2.42. The van der Waals surface area contributed by atoms with E-state index in [2.05, 4.69) is 33.7 Å². The van der Waals surface area contributed by atoms with Crippen molar-refractivity contribution in [3.05, 3.63) is 88.0 Å². The highest BCUT2D eigenvalue weighted by Gasteiger charge is 2.16. The van der Waals surface area contributed by atoms with Crippen molar-refractivity contribution >= 4 is 51.2 Å². The van der Waals surface area contributed by atoms with Gasteiger partial charge in [0, 0.05) is 56.0 Å². The van der Waals surface area contributed by atoms with Crippen LogP contribution < -0.4 is 10.6 Å². The van der Waals surface area contributed by atoms with Crippen molar-refractivity contribution in [3.63, 3.8) is 0 Å². The number of hydrogen-bond donors (Lipinski definition) is 2. The van der Waals surface area contributed by atoms with E-state index in [1.54, 1.807) is 11.3 Å². The lowest BCUT2D eigenvalue weighted by atomic mass is 10.1. The number of carbonyl (C=O) groups is 1. The molecule has 0 radical (unpaired) electrons. The Labute approximate surface area is 212 Å². The second kappa shape index (κ2) is 10.9. The predicted molar refractivity (Wildman–Crippen MR) is 142 cm³/mol. The van der Waals surface area contributed by atoms with Gasteiger partial charge in [-0.25, -0.2) is 4.98 Å². The van der Waals surface area contributed by atoms with Gasteiger partial charge in [0.1, 0.15) is 5.01 Å². The van der Waals surface area contributed by atoms with Crippen LogP contribution in [0.4, 0.5) is 11.4 Å². The Morgan fingerprint density at radius 1 is 1.09 bits per heavy atom. The van der Waals surface area contributed by atoms with Crippen LogP contribution in [-0.4, -0.2) is 46.9 Å². The number of non-ortho nitro benzene ring substituents is 1. The van der Waals surface area contributed by atoms with Crippen LogP contribution in [0.25, 0.3) is 20.8 Å². The van der Waals surface area contributed by atoms with E-state index in [1.165, 1.54) is 29.8 Å². The third-order valence-electron chi connectivity index (χ3n) is 5.81. The molecule has 35 heavy (non-hydrogen) atoms. The maximum atomic E-state index is 12.8. The molecule has 0 unspecified atom stereocenters. The van der Waals surface area contributed by atoms with Crippen LogP contribution in [0.15, 0.2) is 66.7 Å². The minimum absolute atomic E-state index is 0. The molecule has 10 heteroatoms. The minimum atomic E-state index is -0.487. The quantitative estimate of drug-likeness (QED) is 0.282. The largest absolute Gasteiger partial charge is 0.321 e.